The lowest BCUT2D eigenvalue weighted by Gasteiger charge is -2.38. The zero-order valence-electron chi connectivity index (χ0n) is 11.2. The number of carbonyl (C=O) groups excluding carboxylic acids is 3. The lowest BCUT2D eigenvalue weighted by Crippen LogP contribution is -2.67. The van der Waals surface area contributed by atoms with Crippen molar-refractivity contribution in [3.8, 4) is 0 Å². The molecule has 7 nitrogen and oxygen atoms in total. The van der Waals surface area contributed by atoms with Crippen LogP contribution in [0.25, 0.3) is 0 Å². The zero-order chi connectivity index (χ0) is 14.9. The molecule has 2 aliphatic rings. The summed E-state index contributed by atoms with van der Waals surface area (Å²) in [6.07, 6.45) is 0.451. The van der Waals surface area contributed by atoms with E-state index in [1.54, 1.807) is 24.3 Å². The molecule has 0 saturated carbocycles. The van der Waals surface area contributed by atoms with E-state index in [9.17, 15) is 14.4 Å². The third-order valence-corrected chi connectivity index (χ3v) is 3.79. The summed E-state index contributed by atoms with van der Waals surface area (Å²) in [5, 5.41) is 7.61. The summed E-state index contributed by atoms with van der Waals surface area (Å²) < 4.78 is 5.32. The van der Waals surface area contributed by atoms with Crippen LogP contribution in [0.15, 0.2) is 30.3 Å². The maximum Gasteiger partial charge on any atom is 0.322 e. The van der Waals surface area contributed by atoms with Crippen LogP contribution in [-0.2, 0) is 9.53 Å². The van der Waals surface area contributed by atoms with Crippen molar-refractivity contribution in [3.05, 3.63) is 35.9 Å². The molecule has 0 aliphatic carbocycles. The Morgan fingerprint density at radius 1 is 1.29 bits per heavy atom. The number of nitrogens with one attached hydrogen (secondary N) is 3. The molecule has 0 radical (unpaired) electrons. The Bertz CT molecular complexity index is 589. The van der Waals surface area contributed by atoms with Crippen molar-refractivity contribution >= 4 is 17.8 Å². The summed E-state index contributed by atoms with van der Waals surface area (Å²) in [5.74, 6) is -0.749. The molecule has 2 atom stereocenters. The van der Waals surface area contributed by atoms with Gasteiger partial charge >= 0.3 is 6.03 Å². The molecule has 1 spiro atoms. The van der Waals surface area contributed by atoms with E-state index in [0.29, 0.717) is 18.6 Å². The maximum absolute atomic E-state index is 12.2. The third kappa shape index (κ3) is 2.36. The SMILES string of the molecule is O=C1NC(=O)C2(COCCC2NC(=O)c2ccccc2)N1. The summed E-state index contributed by atoms with van der Waals surface area (Å²) in [4.78, 5) is 35.7. The number of urea groups is 1. The summed E-state index contributed by atoms with van der Waals surface area (Å²) in [6.45, 7) is 0.467. The second-order valence-corrected chi connectivity index (χ2v) is 5.11. The van der Waals surface area contributed by atoms with E-state index < -0.39 is 23.5 Å². The molecule has 2 saturated heterocycles. The number of amides is 4. The van der Waals surface area contributed by atoms with E-state index in [4.69, 9.17) is 4.74 Å². The highest BCUT2D eigenvalue weighted by atomic mass is 16.5. The Balaban J connectivity index is 1.81. The molecule has 4 amide bonds. The van der Waals surface area contributed by atoms with Crippen molar-refractivity contribution in [1.29, 1.82) is 0 Å². The van der Waals surface area contributed by atoms with Gasteiger partial charge in [0, 0.05) is 12.2 Å². The van der Waals surface area contributed by atoms with Crippen molar-refractivity contribution in [1.82, 2.24) is 16.0 Å². The molecule has 1 aromatic rings. The van der Waals surface area contributed by atoms with Gasteiger partial charge in [0.05, 0.1) is 12.6 Å². The predicted octanol–water partition coefficient (Wildman–Crippen LogP) is -0.217. The average Bonchev–Trinajstić information content (AvgIpc) is 2.77. The van der Waals surface area contributed by atoms with E-state index in [2.05, 4.69) is 16.0 Å². The molecule has 2 unspecified atom stereocenters. The second kappa shape index (κ2) is 5.17. The molecular formula is C14H15N3O4. The van der Waals surface area contributed by atoms with Crippen LogP contribution in [-0.4, -0.2) is 42.6 Å². The summed E-state index contributed by atoms with van der Waals surface area (Å²) in [7, 11) is 0. The van der Waals surface area contributed by atoms with E-state index in [1.165, 1.54) is 0 Å². The topological polar surface area (TPSA) is 96.5 Å². The summed E-state index contributed by atoms with van der Waals surface area (Å²) in [5.41, 5.74) is -0.719. The minimum Gasteiger partial charge on any atom is -0.378 e. The first kappa shape index (κ1) is 13.6. The molecule has 110 valence electrons. The van der Waals surface area contributed by atoms with Crippen molar-refractivity contribution in [3.63, 3.8) is 0 Å². The van der Waals surface area contributed by atoms with E-state index in [0.717, 1.165) is 0 Å². The number of hydrogen-bond donors (Lipinski definition) is 3. The van der Waals surface area contributed by atoms with Gasteiger partial charge in [0.2, 0.25) is 0 Å². The average molecular weight is 289 g/mol. The lowest BCUT2D eigenvalue weighted by atomic mass is 9.86. The summed E-state index contributed by atoms with van der Waals surface area (Å²) in [6, 6.07) is 7.65. The molecule has 7 heteroatoms. The van der Waals surface area contributed by atoms with Gasteiger partial charge in [-0.3, -0.25) is 14.9 Å². The molecular weight excluding hydrogens is 274 g/mol. The molecule has 1 aromatic carbocycles. The molecule has 2 fully saturated rings. The Labute approximate surface area is 121 Å². The predicted molar refractivity (Wildman–Crippen MR) is 72.5 cm³/mol. The lowest BCUT2D eigenvalue weighted by molar-refractivity contribution is -0.130. The van der Waals surface area contributed by atoms with Gasteiger partial charge < -0.3 is 15.4 Å². The molecule has 0 aromatic heterocycles. The van der Waals surface area contributed by atoms with Crippen molar-refractivity contribution in [2.45, 2.75) is 18.0 Å². The van der Waals surface area contributed by atoms with Gasteiger partial charge in [0.1, 0.15) is 0 Å². The van der Waals surface area contributed by atoms with Crippen LogP contribution in [0.1, 0.15) is 16.8 Å². The van der Waals surface area contributed by atoms with Crippen LogP contribution in [0.5, 0.6) is 0 Å². The van der Waals surface area contributed by atoms with Crippen molar-refractivity contribution < 1.29 is 19.1 Å². The van der Waals surface area contributed by atoms with Crippen LogP contribution in [0.3, 0.4) is 0 Å². The van der Waals surface area contributed by atoms with Gasteiger partial charge in [-0.15, -0.1) is 0 Å². The Kier molecular flexibility index (Phi) is 3.34. The number of hydrogen-bond acceptors (Lipinski definition) is 4. The first-order chi connectivity index (χ1) is 10.1. The highest BCUT2D eigenvalue weighted by Gasteiger charge is 2.54. The number of ether oxygens (including phenoxy) is 1. The quantitative estimate of drug-likeness (QED) is 0.656. The standard InChI is InChI=1S/C14H15N3O4/c18-11(9-4-2-1-3-5-9)15-10-6-7-21-8-14(10)12(19)16-13(20)17-14/h1-5,10H,6-8H2,(H,15,18)(H2,16,17,19,20). The minimum absolute atomic E-state index is 0.0459. The summed E-state index contributed by atoms with van der Waals surface area (Å²) >= 11 is 0. The molecule has 2 aliphatic heterocycles. The van der Waals surface area contributed by atoms with Crippen molar-refractivity contribution in [2.24, 2.45) is 0 Å². The van der Waals surface area contributed by atoms with Gasteiger partial charge in [-0.2, -0.15) is 0 Å². The molecule has 0 bridgehead atoms. The minimum atomic E-state index is -1.22. The van der Waals surface area contributed by atoms with Gasteiger partial charge in [0.15, 0.2) is 5.54 Å². The molecule has 3 rings (SSSR count). The fraction of sp³-hybridized carbons (Fsp3) is 0.357. The largest absolute Gasteiger partial charge is 0.378 e. The number of carbonyl (C=O) groups is 3. The van der Waals surface area contributed by atoms with Crippen LogP contribution in [0.4, 0.5) is 4.79 Å². The second-order valence-electron chi connectivity index (χ2n) is 5.11. The van der Waals surface area contributed by atoms with Crippen LogP contribution >= 0.6 is 0 Å². The van der Waals surface area contributed by atoms with Gasteiger partial charge in [-0.1, -0.05) is 18.2 Å². The first-order valence-electron chi connectivity index (χ1n) is 6.69. The molecule has 2 heterocycles. The number of imide groups is 1. The Morgan fingerprint density at radius 3 is 2.71 bits per heavy atom. The third-order valence-electron chi connectivity index (χ3n) is 3.79. The highest BCUT2D eigenvalue weighted by Crippen LogP contribution is 2.23. The van der Waals surface area contributed by atoms with Crippen LogP contribution in [0.2, 0.25) is 0 Å². The van der Waals surface area contributed by atoms with Crippen LogP contribution < -0.4 is 16.0 Å². The number of rotatable bonds is 2. The van der Waals surface area contributed by atoms with Gasteiger partial charge in [-0.05, 0) is 18.6 Å². The first-order valence-corrected chi connectivity index (χ1v) is 6.69. The zero-order valence-corrected chi connectivity index (χ0v) is 11.2. The fourth-order valence-electron chi connectivity index (χ4n) is 2.66. The van der Waals surface area contributed by atoms with Crippen molar-refractivity contribution in [2.75, 3.05) is 13.2 Å². The van der Waals surface area contributed by atoms with Gasteiger partial charge in [0.25, 0.3) is 11.8 Å². The van der Waals surface area contributed by atoms with Crippen LogP contribution in [0, 0.1) is 0 Å². The van der Waals surface area contributed by atoms with E-state index in [-0.39, 0.29) is 12.5 Å². The molecule has 3 N–H and O–H groups in total. The highest BCUT2D eigenvalue weighted by molar-refractivity contribution is 6.08. The van der Waals surface area contributed by atoms with E-state index >= 15 is 0 Å². The smallest absolute Gasteiger partial charge is 0.322 e. The Hall–Kier alpha value is -2.41. The fourth-order valence-corrected chi connectivity index (χ4v) is 2.66. The van der Waals surface area contributed by atoms with Gasteiger partial charge in [-0.25, -0.2) is 4.79 Å². The number of benzene rings is 1. The van der Waals surface area contributed by atoms with E-state index in [1.807, 2.05) is 6.07 Å². The molecule has 21 heavy (non-hydrogen) atoms. The normalized spacial score (nSPS) is 28.1. The Morgan fingerprint density at radius 2 is 2.05 bits per heavy atom. The maximum atomic E-state index is 12.2. The monoisotopic (exact) mass is 289 g/mol.